The Bertz CT molecular complexity index is 1030. The maximum absolute atomic E-state index is 13.0. The highest BCUT2D eigenvalue weighted by atomic mass is 32.2. The van der Waals surface area contributed by atoms with Crippen LogP contribution < -0.4 is 0 Å². The molecular formula is C20H20FN3O3S. The summed E-state index contributed by atoms with van der Waals surface area (Å²) >= 11 is 0. The minimum atomic E-state index is -3.46. The Morgan fingerprint density at radius 3 is 2.32 bits per heavy atom. The molecule has 0 aliphatic carbocycles. The van der Waals surface area contributed by atoms with Gasteiger partial charge in [0.2, 0.25) is 15.9 Å². The monoisotopic (exact) mass is 401 g/mol. The summed E-state index contributed by atoms with van der Waals surface area (Å²) in [4.78, 5) is 6.72. The Balaban J connectivity index is 1.37. The molecule has 1 fully saturated rings. The normalized spacial score (nSPS) is 16.3. The fourth-order valence-electron chi connectivity index (χ4n) is 3.19. The third kappa shape index (κ3) is 3.99. The summed E-state index contributed by atoms with van der Waals surface area (Å²) in [6.45, 7) is 2.53. The molecule has 1 saturated heterocycles. The molecule has 1 aliphatic rings. The molecule has 0 bridgehead atoms. The molecule has 28 heavy (non-hydrogen) atoms. The highest BCUT2D eigenvalue weighted by Gasteiger charge is 2.28. The summed E-state index contributed by atoms with van der Waals surface area (Å²) in [6.07, 6.45) is 1.62. The molecule has 0 unspecified atom stereocenters. The van der Waals surface area contributed by atoms with E-state index < -0.39 is 10.0 Å². The molecule has 3 aromatic rings. The van der Waals surface area contributed by atoms with Crippen molar-refractivity contribution in [3.8, 4) is 11.3 Å². The van der Waals surface area contributed by atoms with Crippen LogP contribution in [0.25, 0.3) is 11.3 Å². The van der Waals surface area contributed by atoms with Gasteiger partial charge in [0.15, 0.2) is 5.76 Å². The molecule has 1 aromatic heterocycles. The lowest BCUT2D eigenvalue weighted by Crippen LogP contribution is -2.48. The van der Waals surface area contributed by atoms with Gasteiger partial charge < -0.3 is 4.42 Å². The lowest BCUT2D eigenvalue weighted by atomic mass is 10.2. The second-order valence-electron chi connectivity index (χ2n) is 6.62. The largest absolute Gasteiger partial charge is 0.439 e. The Kier molecular flexibility index (Phi) is 5.25. The van der Waals surface area contributed by atoms with E-state index in [0.29, 0.717) is 49.3 Å². The first-order chi connectivity index (χ1) is 13.5. The number of aromatic nitrogens is 1. The van der Waals surface area contributed by atoms with Gasteiger partial charge in [-0.1, -0.05) is 18.2 Å². The molecule has 0 amide bonds. The van der Waals surface area contributed by atoms with Gasteiger partial charge in [0.05, 0.1) is 17.6 Å². The molecule has 0 saturated carbocycles. The van der Waals surface area contributed by atoms with Crippen molar-refractivity contribution in [1.29, 1.82) is 0 Å². The molecule has 146 valence electrons. The van der Waals surface area contributed by atoms with Crippen molar-refractivity contribution < 1.29 is 17.2 Å². The summed E-state index contributed by atoms with van der Waals surface area (Å²) in [5, 5.41) is 0. The van der Waals surface area contributed by atoms with Crippen molar-refractivity contribution in [2.24, 2.45) is 0 Å². The van der Waals surface area contributed by atoms with Crippen molar-refractivity contribution in [3.63, 3.8) is 0 Å². The zero-order chi connectivity index (χ0) is 19.6. The third-order valence-electron chi connectivity index (χ3n) is 4.75. The summed E-state index contributed by atoms with van der Waals surface area (Å²) in [7, 11) is -3.46. The van der Waals surface area contributed by atoms with Crippen molar-refractivity contribution in [3.05, 3.63) is 72.5 Å². The van der Waals surface area contributed by atoms with E-state index in [2.05, 4.69) is 9.88 Å². The lowest BCUT2D eigenvalue weighted by Gasteiger charge is -2.33. The van der Waals surface area contributed by atoms with Crippen molar-refractivity contribution in [2.45, 2.75) is 11.4 Å². The number of hydrogen-bond donors (Lipinski definition) is 0. The molecular weight excluding hydrogens is 381 g/mol. The van der Waals surface area contributed by atoms with Gasteiger partial charge in [-0.3, -0.25) is 4.90 Å². The van der Waals surface area contributed by atoms with Crippen LogP contribution in [0.5, 0.6) is 0 Å². The predicted molar refractivity (Wildman–Crippen MR) is 102 cm³/mol. The van der Waals surface area contributed by atoms with E-state index in [0.717, 1.165) is 5.56 Å². The molecule has 4 rings (SSSR count). The highest BCUT2D eigenvalue weighted by Crippen LogP contribution is 2.22. The number of oxazole rings is 1. The first-order valence-corrected chi connectivity index (χ1v) is 10.4. The fourth-order valence-corrected chi connectivity index (χ4v) is 4.64. The number of benzene rings is 2. The average Bonchev–Trinajstić information content (AvgIpc) is 3.18. The van der Waals surface area contributed by atoms with Crippen molar-refractivity contribution >= 4 is 10.0 Å². The SMILES string of the molecule is O=S(=O)(c1ccccc1)N1CCN(Cc2ncc(-c3ccc(F)cc3)o2)CC1. The number of piperazine rings is 1. The molecule has 0 spiro atoms. The smallest absolute Gasteiger partial charge is 0.243 e. The fraction of sp³-hybridized carbons (Fsp3) is 0.250. The van der Waals surface area contributed by atoms with E-state index in [1.54, 1.807) is 48.7 Å². The summed E-state index contributed by atoms with van der Waals surface area (Å²) in [5.41, 5.74) is 0.763. The number of sulfonamides is 1. The predicted octanol–water partition coefficient (Wildman–Crippen LogP) is 2.99. The van der Waals surface area contributed by atoms with Gasteiger partial charge in [-0.15, -0.1) is 0 Å². The van der Waals surface area contributed by atoms with Gasteiger partial charge in [0.25, 0.3) is 0 Å². The van der Waals surface area contributed by atoms with Crippen LogP contribution in [0.1, 0.15) is 5.89 Å². The summed E-state index contributed by atoms with van der Waals surface area (Å²) < 4.78 is 45.7. The van der Waals surface area contributed by atoms with E-state index in [4.69, 9.17) is 4.42 Å². The number of hydrogen-bond acceptors (Lipinski definition) is 5. The van der Waals surface area contributed by atoms with Crippen molar-refractivity contribution in [1.82, 2.24) is 14.2 Å². The second-order valence-corrected chi connectivity index (χ2v) is 8.56. The summed E-state index contributed by atoms with van der Waals surface area (Å²) in [6, 6.07) is 14.5. The van der Waals surface area contributed by atoms with Crippen LogP contribution in [-0.2, 0) is 16.6 Å². The molecule has 8 heteroatoms. The lowest BCUT2D eigenvalue weighted by molar-refractivity contribution is 0.168. The summed E-state index contributed by atoms with van der Waals surface area (Å²) in [5.74, 6) is 0.839. The number of rotatable bonds is 5. The zero-order valence-electron chi connectivity index (χ0n) is 15.2. The molecule has 6 nitrogen and oxygen atoms in total. The van der Waals surface area contributed by atoms with E-state index in [-0.39, 0.29) is 5.82 Å². The van der Waals surface area contributed by atoms with Crippen LogP contribution in [-0.4, -0.2) is 48.8 Å². The van der Waals surface area contributed by atoms with E-state index >= 15 is 0 Å². The van der Waals surface area contributed by atoms with Gasteiger partial charge in [-0.2, -0.15) is 4.31 Å². The number of nitrogens with zero attached hydrogens (tertiary/aromatic N) is 3. The molecule has 2 aromatic carbocycles. The van der Waals surface area contributed by atoms with Crippen molar-refractivity contribution in [2.75, 3.05) is 26.2 Å². The van der Waals surface area contributed by atoms with Crippen LogP contribution in [0.4, 0.5) is 4.39 Å². The molecule has 0 N–H and O–H groups in total. The van der Waals surface area contributed by atoms with Gasteiger partial charge in [-0.25, -0.2) is 17.8 Å². The minimum absolute atomic E-state index is 0.299. The zero-order valence-corrected chi connectivity index (χ0v) is 16.0. The standard InChI is InChI=1S/C20H20FN3O3S/c21-17-8-6-16(7-9-17)19-14-22-20(27-19)15-23-10-12-24(13-11-23)28(25,26)18-4-2-1-3-5-18/h1-9,14H,10-13,15H2. The van der Waals surface area contributed by atoms with Gasteiger partial charge in [0, 0.05) is 31.7 Å². The second kappa shape index (κ2) is 7.83. The van der Waals surface area contributed by atoms with Crippen LogP contribution in [0, 0.1) is 5.82 Å². The molecule has 0 radical (unpaired) electrons. The van der Waals surface area contributed by atoms with Crippen LogP contribution in [0.3, 0.4) is 0 Å². The minimum Gasteiger partial charge on any atom is -0.439 e. The van der Waals surface area contributed by atoms with Gasteiger partial charge >= 0.3 is 0 Å². The van der Waals surface area contributed by atoms with Crippen LogP contribution in [0.15, 0.2) is 70.1 Å². The van der Waals surface area contributed by atoms with Gasteiger partial charge in [0.1, 0.15) is 5.82 Å². The first-order valence-electron chi connectivity index (χ1n) is 9.00. The highest BCUT2D eigenvalue weighted by molar-refractivity contribution is 7.89. The Morgan fingerprint density at radius 1 is 0.964 bits per heavy atom. The Morgan fingerprint density at radius 2 is 1.64 bits per heavy atom. The molecule has 0 atom stereocenters. The Hall–Kier alpha value is -2.55. The van der Waals surface area contributed by atoms with E-state index in [1.807, 2.05) is 0 Å². The van der Waals surface area contributed by atoms with E-state index in [9.17, 15) is 12.8 Å². The van der Waals surface area contributed by atoms with Crippen LogP contribution in [0.2, 0.25) is 0 Å². The van der Waals surface area contributed by atoms with E-state index in [1.165, 1.54) is 16.4 Å². The van der Waals surface area contributed by atoms with Crippen LogP contribution >= 0.6 is 0 Å². The average molecular weight is 401 g/mol. The molecule has 2 heterocycles. The maximum Gasteiger partial charge on any atom is 0.243 e. The van der Waals surface area contributed by atoms with Gasteiger partial charge in [-0.05, 0) is 36.4 Å². The maximum atomic E-state index is 13.0. The molecule has 1 aliphatic heterocycles. The third-order valence-corrected chi connectivity index (χ3v) is 6.67. The quantitative estimate of drug-likeness (QED) is 0.658. The first kappa shape index (κ1) is 18.8. The Labute approximate surface area is 163 Å². The number of halogens is 1. The topological polar surface area (TPSA) is 66.7 Å².